The first kappa shape index (κ1) is 24.3. The van der Waals surface area contributed by atoms with E-state index >= 15 is 0 Å². The smallest absolute Gasteiger partial charge is 0.248 e. The molecule has 0 N–H and O–H groups in total. The van der Waals surface area contributed by atoms with E-state index in [0.717, 1.165) is 23.9 Å². The van der Waals surface area contributed by atoms with E-state index in [4.69, 9.17) is 0 Å². The van der Waals surface area contributed by atoms with Crippen molar-refractivity contribution in [3.05, 3.63) is 36.4 Å². The van der Waals surface area contributed by atoms with Gasteiger partial charge in [-0.1, -0.05) is 107 Å². The van der Waals surface area contributed by atoms with Crippen molar-refractivity contribution in [2.45, 2.75) is 110 Å². The van der Waals surface area contributed by atoms with Gasteiger partial charge in [0.25, 0.3) is 0 Å². The Bertz CT molecular complexity index is 735. The summed E-state index contributed by atoms with van der Waals surface area (Å²) in [7, 11) is 0. The van der Waals surface area contributed by atoms with Crippen molar-refractivity contribution < 1.29 is 4.79 Å². The molecule has 0 aliphatic carbocycles. The van der Waals surface area contributed by atoms with Gasteiger partial charge < -0.3 is 0 Å². The molecule has 2 rings (SSSR count). The van der Waals surface area contributed by atoms with Gasteiger partial charge >= 0.3 is 0 Å². The number of unbranched alkanes of at least 4 members (excludes halogenated alkanes) is 13. The number of hydrogen-bond donors (Lipinski definition) is 0. The third kappa shape index (κ3) is 9.69. The van der Waals surface area contributed by atoms with E-state index in [1.54, 1.807) is 0 Å². The number of hydrogen-bond acceptors (Lipinski definition) is 3. The lowest BCUT2D eigenvalue weighted by Gasteiger charge is -2.03. The zero-order valence-corrected chi connectivity index (χ0v) is 19.0. The van der Waals surface area contributed by atoms with Gasteiger partial charge in [0.1, 0.15) is 5.52 Å². The van der Waals surface area contributed by atoms with Gasteiger partial charge in [-0.15, -0.1) is 5.10 Å². The number of para-hydroxylation sites is 1. The van der Waals surface area contributed by atoms with E-state index in [2.05, 4.69) is 29.4 Å². The molecule has 1 aromatic heterocycles. The Morgan fingerprint density at radius 2 is 1.37 bits per heavy atom. The Morgan fingerprint density at radius 1 is 0.800 bits per heavy atom. The van der Waals surface area contributed by atoms with Gasteiger partial charge in [-0.2, -0.15) is 4.68 Å². The highest BCUT2D eigenvalue weighted by Crippen LogP contribution is 2.14. The SMILES string of the molecule is CCCC/C=C/CCCCCCCCCCCCCC(=O)n1nnc2ccccc21. The van der Waals surface area contributed by atoms with E-state index in [-0.39, 0.29) is 5.91 Å². The monoisotopic (exact) mass is 411 g/mol. The Kier molecular flexibility index (Phi) is 12.8. The second kappa shape index (κ2) is 15.8. The van der Waals surface area contributed by atoms with E-state index in [1.165, 1.54) is 88.2 Å². The molecule has 0 spiro atoms. The molecule has 0 aliphatic heterocycles. The molecule has 4 heteroatoms. The summed E-state index contributed by atoms with van der Waals surface area (Å²) in [6, 6.07) is 7.63. The van der Waals surface area contributed by atoms with Crippen molar-refractivity contribution in [2.75, 3.05) is 0 Å². The summed E-state index contributed by atoms with van der Waals surface area (Å²) in [4.78, 5) is 12.3. The van der Waals surface area contributed by atoms with Crippen LogP contribution in [-0.2, 0) is 0 Å². The fourth-order valence-corrected chi connectivity index (χ4v) is 3.85. The molecule has 4 nitrogen and oxygen atoms in total. The van der Waals surface area contributed by atoms with Crippen LogP contribution in [0.1, 0.15) is 114 Å². The third-order valence-electron chi connectivity index (χ3n) is 5.74. The molecule has 0 fully saturated rings. The van der Waals surface area contributed by atoms with Gasteiger partial charge in [0.05, 0.1) is 5.52 Å². The van der Waals surface area contributed by atoms with Crippen LogP contribution in [0.5, 0.6) is 0 Å². The van der Waals surface area contributed by atoms with Gasteiger partial charge in [-0.25, -0.2) is 0 Å². The van der Waals surface area contributed by atoms with Crippen molar-refractivity contribution >= 4 is 16.9 Å². The molecule has 0 bridgehead atoms. The molecule has 0 aliphatic rings. The first-order valence-electron chi connectivity index (χ1n) is 12.3. The molecular weight excluding hydrogens is 370 g/mol. The molecule has 30 heavy (non-hydrogen) atoms. The maximum Gasteiger partial charge on any atom is 0.248 e. The Balaban J connectivity index is 1.37. The average molecular weight is 412 g/mol. The second-order valence-corrected chi connectivity index (χ2v) is 8.43. The van der Waals surface area contributed by atoms with Crippen LogP contribution in [-0.4, -0.2) is 20.9 Å². The van der Waals surface area contributed by atoms with Crippen LogP contribution >= 0.6 is 0 Å². The zero-order valence-electron chi connectivity index (χ0n) is 19.0. The maximum atomic E-state index is 12.3. The Morgan fingerprint density at radius 3 is 2.03 bits per heavy atom. The molecule has 0 radical (unpaired) electrons. The lowest BCUT2D eigenvalue weighted by Crippen LogP contribution is -2.12. The van der Waals surface area contributed by atoms with Crippen LogP contribution in [0.4, 0.5) is 0 Å². The van der Waals surface area contributed by atoms with Crippen molar-refractivity contribution in [3.8, 4) is 0 Å². The van der Waals surface area contributed by atoms with Gasteiger partial charge in [0.2, 0.25) is 5.91 Å². The molecule has 0 atom stereocenters. The van der Waals surface area contributed by atoms with E-state index in [0.29, 0.717) is 6.42 Å². The fraction of sp³-hybridized carbons (Fsp3) is 0.654. The molecule has 0 unspecified atom stereocenters. The molecule has 0 amide bonds. The number of aromatic nitrogens is 3. The summed E-state index contributed by atoms with van der Waals surface area (Å²) < 4.78 is 1.46. The van der Waals surface area contributed by atoms with Gasteiger partial charge in [0.15, 0.2) is 0 Å². The average Bonchev–Trinajstić information content (AvgIpc) is 3.20. The second-order valence-electron chi connectivity index (χ2n) is 8.43. The summed E-state index contributed by atoms with van der Waals surface area (Å²) in [6.45, 7) is 2.25. The Hall–Kier alpha value is -1.97. The van der Waals surface area contributed by atoms with E-state index < -0.39 is 0 Å². The molecule has 166 valence electrons. The topological polar surface area (TPSA) is 47.8 Å². The van der Waals surface area contributed by atoms with Crippen molar-refractivity contribution in [3.63, 3.8) is 0 Å². The highest BCUT2D eigenvalue weighted by Gasteiger charge is 2.10. The molecule has 1 heterocycles. The van der Waals surface area contributed by atoms with Gasteiger partial charge in [0, 0.05) is 6.42 Å². The van der Waals surface area contributed by atoms with Crippen LogP contribution in [0.25, 0.3) is 11.0 Å². The standard InChI is InChI=1S/C26H41N3O/c1-2-3-4-5-6-7-8-9-10-11-12-13-14-15-16-17-18-23-26(30)29-25-22-20-19-21-24(25)27-28-29/h5-6,19-22H,2-4,7-18,23H2,1H3/b6-5+. The summed E-state index contributed by atoms with van der Waals surface area (Å²) in [5.41, 5.74) is 1.59. The van der Waals surface area contributed by atoms with Crippen LogP contribution in [0.15, 0.2) is 36.4 Å². The highest BCUT2D eigenvalue weighted by molar-refractivity contribution is 5.88. The zero-order chi connectivity index (χ0) is 21.3. The molecule has 0 saturated heterocycles. The minimum atomic E-state index is 0.0557. The number of benzene rings is 1. The lowest BCUT2D eigenvalue weighted by atomic mass is 10.0. The number of allylic oxidation sites excluding steroid dienone is 2. The van der Waals surface area contributed by atoms with E-state index in [1.807, 2.05) is 24.3 Å². The van der Waals surface area contributed by atoms with Crippen LogP contribution < -0.4 is 0 Å². The predicted molar refractivity (Wildman–Crippen MR) is 127 cm³/mol. The van der Waals surface area contributed by atoms with E-state index in [9.17, 15) is 4.79 Å². The predicted octanol–water partition coefficient (Wildman–Crippen LogP) is 7.89. The van der Waals surface area contributed by atoms with Crippen molar-refractivity contribution in [2.24, 2.45) is 0 Å². The van der Waals surface area contributed by atoms with Crippen LogP contribution in [0.2, 0.25) is 0 Å². The lowest BCUT2D eigenvalue weighted by molar-refractivity contribution is 0.0886. The number of rotatable bonds is 17. The molecule has 1 aromatic carbocycles. The number of nitrogens with zero attached hydrogens (tertiary/aromatic N) is 3. The number of carbonyl (C=O) groups is 1. The fourth-order valence-electron chi connectivity index (χ4n) is 3.85. The number of fused-ring (bicyclic) bond motifs is 1. The summed E-state index contributed by atoms with van der Waals surface area (Å²) in [5.74, 6) is 0.0557. The number of carbonyl (C=O) groups excluding carboxylic acids is 1. The minimum Gasteiger partial charge on any atom is -0.273 e. The van der Waals surface area contributed by atoms with Gasteiger partial charge in [-0.3, -0.25) is 4.79 Å². The van der Waals surface area contributed by atoms with Crippen LogP contribution in [0, 0.1) is 0 Å². The summed E-state index contributed by atoms with van der Waals surface area (Å²) in [5, 5.41) is 8.06. The normalized spacial score (nSPS) is 11.6. The summed E-state index contributed by atoms with van der Waals surface area (Å²) in [6.07, 6.45) is 24.6. The third-order valence-corrected chi connectivity index (χ3v) is 5.74. The van der Waals surface area contributed by atoms with Gasteiger partial charge in [-0.05, 0) is 37.8 Å². The first-order chi connectivity index (χ1) is 14.8. The molecule has 2 aromatic rings. The van der Waals surface area contributed by atoms with Crippen molar-refractivity contribution in [1.29, 1.82) is 0 Å². The molecular formula is C26H41N3O. The quantitative estimate of drug-likeness (QED) is 0.196. The molecule has 0 saturated carbocycles. The minimum absolute atomic E-state index is 0.0557. The summed E-state index contributed by atoms with van der Waals surface area (Å²) >= 11 is 0. The first-order valence-corrected chi connectivity index (χ1v) is 12.3. The maximum absolute atomic E-state index is 12.3. The highest BCUT2D eigenvalue weighted by atomic mass is 16.2. The largest absolute Gasteiger partial charge is 0.273 e. The van der Waals surface area contributed by atoms with Crippen LogP contribution in [0.3, 0.4) is 0 Å². The van der Waals surface area contributed by atoms with Crippen molar-refractivity contribution in [1.82, 2.24) is 15.0 Å². The Labute approximate surface area is 183 Å².